The fourth-order valence-corrected chi connectivity index (χ4v) is 0.564. The van der Waals surface area contributed by atoms with Gasteiger partial charge < -0.3 is 4.98 Å². The van der Waals surface area contributed by atoms with Crippen LogP contribution >= 0.6 is 0 Å². The highest BCUT2D eigenvalue weighted by molar-refractivity contribution is 5.21. The lowest BCUT2D eigenvalue weighted by molar-refractivity contribution is 1.01. The Morgan fingerprint density at radius 2 is 2.50 bits per heavy atom. The van der Waals surface area contributed by atoms with Crippen molar-refractivity contribution in [1.29, 1.82) is 5.26 Å². The van der Waals surface area contributed by atoms with E-state index in [1.54, 1.807) is 13.0 Å². The van der Waals surface area contributed by atoms with Crippen LogP contribution in [0.15, 0.2) is 11.0 Å². The molecule has 0 atom stereocenters. The second-order valence-corrected chi connectivity index (χ2v) is 1.82. The van der Waals surface area contributed by atoms with Crippen LogP contribution in [0.5, 0.6) is 0 Å². The first-order valence-electron chi connectivity index (χ1n) is 2.70. The molecule has 0 bridgehead atoms. The lowest BCUT2D eigenvalue weighted by Crippen LogP contribution is -2.11. The maximum atomic E-state index is 10.8. The standard InChI is InChI=1S/C6H5N3O/c1-4-8-3-5(2-7)6(10)9-4/h3H,1H3,(H,8,9,10). The normalized spacial score (nSPS) is 8.80. The van der Waals surface area contributed by atoms with Crippen molar-refractivity contribution in [3.63, 3.8) is 0 Å². The second-order valence-electron chi connectivity index (χ2n) is 1.82. The maximum absolute atomic E-state index is 10.8. The lowest BCUT2D eigenvalue weighted by Gasteiger charge is -1.88. The Hall–Kier alpha value is -1.63. The number of H-pyrrole nitrogens is 1. The average molecular weight is 135 g/mol. The van der Waals surface area contributed by atoms with Crippen molar-refractivity contribution in [3.05, 3.63) is 27.9 Å². The van der Waals surface area contributed by atoms with Crippen molar-refractivity contribution in [2.24, 2.45) is 0 Å². The van der Waals surface area contributed by atoms with Gasteiger partial charge >= 0.3 is 0 Å². The van der Waals surface area contributed by atoms with Crippen LogP contribution in [0.2, 0.25) is 0 Å². The minimum Gasteiger partial charge on any atom is -0.310 e. The summed E-state index contributed by atoms with van der Waals surface area (Å²) in [5, 5.41) is 8.30. The molecule has 0 fully saturated rings. The number of nitrogens with one attached hydrogen (secondary N) is 1. The molecular weight excluding hydrogens is 130 g/mol. The summed E-state index contributed by atoms with van der Waals surface area (Å²) in [7, 11) is 0. The zero-order valence-electron chi connectivity index (χ0n) is 5.38. The zero-order chi connectivity index (χ0) is 7.56. The van der Waals surface area contributed by atoms with Crippen LogP contribution in [0.4, 0.5) is 0 Å². The Morgan fingerprint density at radius 1 is 1.80 bits per heavy atom. The van der Waals surface area contributed by atoms with Gasteiger partial charge in [0.25, 0.3) is 5.56 Å². The predicted octanol–water partition coefficient (Wildman–Crippen LogP) is -0.0500. The number of hydrogen-bond acceptors (Lipinski definition) is 3. The predicted molar refractivity (Wildman–Crippen MR) is 34.3 cm³/mol. The second kappa shape index (κ2) is 2.31. The molecule has 0 aromatic carbocycles. The van der Waals surface area contributed by atoms with E-state index in [0.717, 1.165) is 0 Å². The third kappa shape index (κ3) is 1.03. The number of aryl methyl sites for hydroxylation is 1. The summed E-state index contributed by atoms with van der Waals surface area (Å²) in [4.78, 5) is 16.9. The van der Waals surface area contributed by atoms with E-state index in [-0.39, 0.29) is 11.1 Å². The molecule has 1 N–H and O–H groups in total. The van der Waals surface area contributed by atoms with E-state index in [2.05, 4.69) is 9.97 Å². The quantitative estimate of drug-likeness (QED) is 0.542. The van der Waals surface area contributed by atoms with Gasteiger partial charge in [-0.3, -0.25) is 4.79 Å². The zero-order valence-corrected chi connectivity index (χ0v) is 5.38. The van der Waals surface area contributed by atoms with Crippen LogP contribution in [0.3, 0.4) is 0 Å². The highest BCUT2D eigenvalue weighted by atomic mass is 16.1. The molecule has 10 heavy (non-hydrogen) atoms. The van der Waals surface area contributed by atoms with Gasteiger partial charge in [-0.25, -0.2) is 4.98 Å². The molecule has 1 rings (SSSR count). The first-order valence-corrected chi connectivity index (χ1v) is 2.70. The van der Waals surface area contributed by atoms with Crippen LogP contribution in [0.1, 0.15) is 11.4 Å². The first-order chi connectivity index (χ1) is 4.74. The smallest absolute Gasteiger partial charge is 0.268 e. The molecule has 1 heterocycles. The summed E-state index contributed by atoms with van der Waals surface area (Å²) in [5.74, 6) is 0.518. The summed E-state index contributed by atoms with van der Waals surface area (Å²) in [6.45, 7) is 1.66. The van der Waals surface area contributed by atoms with Gasteiger partial charge in [0.1, 0.15) is 17.5 Å². The van der Waals surface area contributed by atoms with Crippen molar-refractivity contribution in [3.8, 4) is 6.07 Å². The molecule has 0 saturated heterocycles. The molecule has 0 radical (unpaired) electrons. The van der Waals surface area contributed by atoms with E-state index in [9.17, 15) is 4.79 Å². The first kappa shape index (κ1) is 6.49. The van der Waals surface area contributed by atoms with Gasteiger partial charge in [-0.15, -0.1) is 0 Å². The van der Waals surface area contributed by atoms with Gasteiger partial charge in [-0.1, -0.05) is 0 Å². The van der Waals surface area contributed by atoms with E-state index in [0.29, 0.717) is 5.82 Å². The summed E-state index contributed by atoms with van der Waals surface area (Å²) < 4.78 is 0. The molecule has 0 aliphatic heterocycles. The minimum absolute atomic E-state index is 0.0469. The SMILES string of the molecule is Cc1ncc(C#N)c(=O)[nH]1. The Labute approximate surface area is 57.2 Å². The third-order valence-electron chi connectivity index (χ3n) is 1.05. The summed E-state index contributed by atoms with van der Waals surface area (Å²) >= 11 is 0. The number of aromatic amines is 1. The Morgan fingerprint density at radius 3 is 3.00 bits per heavy atom. The van der Waals surface area contributed by atoms with Crippen molar-refractivity contribution in [1.82, 2.24) is 9.97 Å². The van der Waals surface area contributed by atoms with Gasteiger partial charge in [0, 0.05) is 0 Å². The maximum Gasteiger partial charge on any atom is 0.268 e. The van der Waals surface area contributed by atoms with Crippen LogP contribution in [0, 0.1) is 18.3 Å². The number of nitriles is 1. The summed E-state index contributed by atoms with van der Waals surface area (Å²) in [6.07, 6.45) is 1.26. The molecular formula is C6H5N3O. The van der Waals surface area contributed by atoms with E-state index in [1.807, 2.05) is 0 Å². The van der Waals surface area contributed by atoms with Crippen LogP contribution in [-0.4, -0.2) is 9.97 Å². The molecule has 1 aromatic rings. The monoisotopic (exact) mass is 135 g/mol. The van der Waals surface area contributed by atoms with Crippen molar-refractivity contribution in [2.45, 2.75) is 6.92 Å². The molecule has 0 amide bonds. The molecule has 0 saturated carbocycles. The summed E-state index contributed by atoms with van der Waals surface area (Å²) in [5.41, 5.74) is -0.333. The Balaban J connectivity index is 3.38. The van der Waals surface area contributed by atoms with Gasteiger partial charge in [0.2, 0.25) is 0 Å². The molecule has 0 aliphatic carbocycles. The Kier molecular flexibility index (Phi) is 1.50. The fourth-order valence-electron chi connectivity index (χ4n) is 0.564. The molecule has 0 unspecified atom stereocenters. The van der Waals surface area contributed by atoms with E-state index >= 15 is 0 Å². The van der Waals surface area contributed by atoms with Gasteiger partial charge in [-0.05, 0) is 6.92 Å². The average Bonchev–Trinajstić information content (AvgIpc) is 1.88. The van der Waals surface area contributed by atoms with Crippen LogP contribution in [-0.2, 0) is 0 Å². The largest absolute Gasteiger partial charge is 0.310 e. The minimum atomic E-state index is -0.380. The summed E-state index contributed by atoms with van der Waals surface area (Å²) in [6, 6.07) is 1.72. The molecule has 50 valence electrons. The topological polar surface area (TPSA) is 69.5 Å². The van der Waals surface area contributed by atoms with E-state index < -0.39 is 0 Å². The lowest BCUT2D eigenvalue weighted by atomic mass is 10.4. The number of rotatable bonds is 0. The number of aromatic nitrogens is 2. The van der Waals surface area contributed by atoms with E-state index in [4.69, 9.17) is 5.26 Å². The van der Waals surface area contributed by atoms with Gasteiger partial charge in [0.15, 0.2) is 0 Å². The third-order valence-corrected chi connectivity index (χ3v) is 1.05. The van der Waals surface area contributed by atoms with Crippen molar-refractivity contribution < 1.29 is 0 Å². The Bertz CT molecular complexity index is 334. The van der Waals surface area contributed by atoms with Gasteiger partial charge in [0.05, 0.1) is 6.20 Å². The van der Waals surface area contributed by atoms with E-state index in [1.165, 1.54) is 6.20 Å². The van der Waals surface area contributed by atoms with Crippen molar-refractivity contribution in [2.75, 3.05) is 0 Å². The number of nitrogens with zero attached hydrogens (tertiary/aromatic N) is 2. The molecule has 4 heteroatoms. The highest BCUT2D eigenvalue weighted by Crippen LogP contribution is 1.83. The van der Waals surface area contributed by atoms with Gasteiger partial charge in [-0.2, -0.15) is 5.26 Å². The van der Waals surface area contributed by atoms with Crippen LogP contribution < -0.4 is 5.56 Å². The number of hydrogen-bond donors (Lipinski definition) is 1. The molecule has 0 aliphatic rings. The molecule has 0 spiro atoms. The van der Waals surface area contributed by atoms with Crippen molar-refractivity contribution >= 4 is 0 Å². The van der Waals surface area contributed by atoms with Crippen LogP contribution in [0.25, 0.3) is 0 Å². The molecule has 4 nitrogen and oxygen atoms in total. The highest BCUT2D eigenvalue weighted by Gasteiger charge is 1.95. The molecule has 1 aromatic heterocycles. The fraction of sp³-hybridized carbons (Fsp3) is 0.167.